The third-order valence-corrected chi connectivity index (χ3v) is 11.4. The predicted octanol–water partition coefficient (Wildman–Crippen LogP) is 6.69. The van der Waals surface area contributed by atoms with Crippen molar-refractivity contribution >= 4 is 28.9 Å². The number of carbonyl (C=O) groups excluding carboxylic acids is 3. The number of benzene rings is 4. The molecule has 0 radical (unpaired) electrons. The number of nitrogens with one attached hydrogen (secondary N) is 1. The summed E-state index contributed by atoms with van der Waals surface area (Å²) in [5, 5.41) is 12.3. The monoisotopic (exact) mass is 791 g/mol. The number of piperidine rings is 1. The van der Waals surface area contributed by atoms with E-state index in [4.69, 9.17) is 14.5 Å². The maximum absolute atomic E-state index is 13.2. The van der Waals surface area contributed by atoms with Crippen molar-refractivity contribution in [2.24, 2.45) is 0 Å². The molecule has 1 atom stereocenters. The first-order chi connectivity index (χ1) is 28.8. The van der Waals surface area contributed by atoms with Gasteiger partial charge in [-0.25, -0.2) is 0 Å². The zero-order chi connectivity index (χ0) is 40.7. The Kier molecular flexibility index (Phi) is 12.1. The molecule has 3 amide bonds. The lowest BCUT2D eigenvalue weighted by Gasteiger charge is -2.34. The highest BCUT2D eigenvalue weighted by Gasteiger charge is 2.40. The van der Waals surface area contributed by atoms with Crippen LogP contribution in [0.3, 0.4) is 0 Å². The minimum Gasteiger partial charge on any atom is -0.508 e. The zero-order valence-corrected chi connectivity index (χ0v) is 33.3. The van der Waals surface area contributed by atoms with Gasteiger partial charge in [-0.05, 0) is 83.1 Å². The van der Waals surface area contributed by atoms with Gasteiger partial charge in [0, 0.05) is 68.6 Å². The second-order valence-corrected chi connectivity index (χ2v) is 15.2. The van der Waals surface area contributed by atoms with Gasteiger partial charge in [0.25, 0.3) is 5.91 Å². The van der Waals surface area contributed by atoms with Crippen LogP contribution in [0.1, 0.15) is 70.1 Å². The van der Waals surface area contributed by atoms with Crippen LogP contribution in [-0.2, 0) is 29.3 Å². The normalized spacial score (nSPS) is 17.7. The van der Waals surface area contributed by atoms with Crippen LogP contribution in [0.2, 0.25) is 0 Å². The molecule has 0 bridgehead atoms. The number of hydrogen-bond acceptors (Lipinski definition) is 9. The SMILES string of the molecule is CCC(=C(c1ccc(O)cc1)c1ccc(OCCN2CCN(Cc3ccc(COc4cccc5c4CN(C4CCC(=O)NC4=O)C5=O)cn3)CC2)cc1)c1ccccc1. The lowest BCUT2D eigenvalue weighted by molar-refractivity contribution is -0.136. The third-order valence-electron chi connectivity index (χ3n) is 11.4. The Morgan fingerprint density at radius 2 is 1.53 bits per heavy atom. The van der Waals surface area contributed by atoms with Crippen molar-refractivity contribution in [2.75, 3.05) is 39.3 Å². The molecule has 1 unspecified atom stereocenters. The van der Waals surface area contributed by atoms with Crippen LogP contribution in [0.15, 0.2) is 115 Å². The number of piperazine rings is 1. The van der Waals surface area contributed by atoms with E-state index in [9.17, 15) is 19.5 Å². The number of allylic oxidation sites excluding steroid dienone is 1. The summed E-state index contributed by atoms with van der Waals surface area (Å²) >= 11 is 0. The number of nitrogens with zero attached hydrogens (tertiary/aromatic N) is 4. The molecule has 11 nitrogen and oxygen atoms in total. The van der Waals surface area contributed by atoms with Crippen molar-refractivity contribution in [1.82, 2.24) is 25.0 Å². The number of amides is 3. The summed E-state index contributed by atoms with van der Waals surface area (Å²) in [6.45, 7) is 8.78. The molecule has 3 aliphatic rings. The number of imide groups is 1. The van der Waals surface area contributed by atoms with Crippen LogP contribution < -0.4 is 14.8 Å². The molecule has 2 saturated heterocycles. The highest BCUT2D eigenvalue weighted by atomic mass is 16.5. The van der Waals surface area contributed by atoms with Gasteiger partial charge in [-0.2, -0.15) is 0 Å². The number of pyridine rings is 1. The molecule has 0 spiro atoms. The number of carbonyl (C=O) groups is 3. The van der Waals surface area contributed by atoms with Gasteiger partial charge in [0.1, 0.15) is 36.5 Å². The molecule has 0 saturated carbocycles. The topological polar surface area (TPSA) is 125 Å². The highest BCUT2D eigenvalue weighted by molar-refractivity contribution is 6.05. The largest absolute Gasteiger partial charge is 0.508 e. The molecule has 59 heavy (non-hydrogen) atoms. The van der Waals surface area contributed by atoms with E-state index < -0.39 is 11.9 Å². The fourth-order valence-corrected chi connectivity index (χ4v) is 8.21. The first-order valence-electron chi connectivity index (χ1n) is 20.4. The van der Waals surface area contributed by atoms with E-state index in [1.54, 1.807) is 24.3 Å². The van der Waals surface area contributed by atoms with Crippen molar-refractivity contribution in [2.45, 2.75) is 51.9 Å². The smallest absolute Gasteiger partial charge is 0.255 e. The van der Waals surface area contributed by atoms with Crippen molar-refractivity contribution in [3.8, 4) is 17.2 Å². The van der Waals surface area contributed by atoms with Crippen molar-refractivity contribution in [3.63, 3.8) is 0 Å². The first-order valence-corrected chi connectivity index (χ1v) is 20.4. The minimum atomic E-state index is -0.666. The summed E-state index contributed by atoms with van der Waals surface area (Å²) < 4.78 is 12.4. The van der Waals surface area contributed by atoms with Crippen LogP contribution in [0.4, 0.5) is 0 Å². The van der Waals surface area contributed by atoms with Crippen LogP contribution in [0.25, 0.3) is 11.1 Å². The molecule has 11 heteroatoms. The summed E-state index contributed by atoms with van der Waals surface area (Å²) in [5.41, 5.74) is 8.95. The van der Waals surface area contributed by atoms with Crippen molar-refractivity contribution in [3.05, 3.63) is 154 Å². The molecule has 302 valence electrons. The van der Waals surface area contributed by atoms with E-state index in [0.717, 1.165) is 85.0 Å². The summed E-state index contributed by atoms with van der Waals surface area (Å²) in [5.74, 6) is 0.743. The Morgan fingerprint density at radius 3 is 2.22 bits per heavy atom. The molecular formula is C48H49N5O6. The van der Waals surface area contributed by atoms with E-state index >= 15 is 0 Å². The number of aromatic hydroxyl groups is 1. The molecule has 3 aliphatic heterocycles. The number of rotatable bonds is 14. The van der Waals surface area contributed by atoms with Gasteiger partial charge in [-0.1, -0.05) is 73.7 Å². The molecule has 8 rings (SSSR count). The first kappa shape index (κ1) is 39.5. The number of phenols is 1. The van der Waals surface area contributed by atoms with E-state index in [-0.39, 0.29) is 30.5 Å². The van der Waals surface area contributed by atoms with Crippen LogP contribution in [0, 0.1) is 0 Å². The van der Waals surface area contributed by atoms with Gasteiger partial charge in [-0.15, -0.1) is 0 Å². The quantitative estimate of drug-likeness (QED) is 0.0936. The number of ether oxygens (including phenoxy) is 2. The minimum absolute atomic E-state index is 0.215. The third kappa shape index (κ3) is 9.22. The van der Waals surface area contributed by atoms with E-state index in [1.807, 2.05) is 54.7 Å². The van der Waals surface area contributed by atoms with Gasteiger partial charge in [-0.3, -0.25) is 34.5 Å². The Hall–Kier alpha value is -6.30. The standard InChI is InChI=1S/C48H49N5O6/c1-2-40(34-7-4-3-5-8-34)46(35-12-17-38(54)18-13-35)36-14-19-39(20-15-36)58-28-27-51-23-25-52(26-24-51)30-37-16-11-33(29-49-37)32-59-44-10-6-9-41-42(44)31-53(48(41)57)43-21-22-45(55)50-47(43)56/h3-20,29,43,54H,2,21-28,30-32H2,1H3,(H,50,55,56). The van der Waals surface area contributed by atoms with Crippen LogP contribution in [-0.4, -0.2) is 87.9 Å². The number of fused-ring (bicyclic) bond motifs is 1. The highest BCUT2D eigenvalue weighted by Crippen LogP contribution is 2.36. The van der Waals surface area contributed by atoms with Gasteiger partial charge >= 0.3 is 0 Å². The average molecular weight is 792 g/mol. The van der Waals surface area contributed by atoms with Gasteiger partial charge in [0.15, 0.2) is 0 Å². The summed E-state index contributed by atoms with van der Waals surface area (Å²) in [6, 6.07) is 35.0. The fraction of sp³-hybridized carbons (Fsp3) is 0.292. The Morgan fingerprint density at radius 1 is 0.797 bits per heavy atom. The van der Waals surface area contributed by atoms with Crippen molar-refractivity contribution < 1.29 is 29.0 Å². The molecule has 1 aromatic heterocycles. The molecular weight excluding hydrogens is 743 g/mol. The molecule has 5 aromatic rings. The molecule has 0 aliphatic carbocycles. The second-order valence-electron chi connectivity index (χ2n) is 15.2. The molecule has 2 fully saturated rings. The predicted molar refractivity (Wildman–Crippen MR) is 225 cm³/mol. The van der Waals surface area contributed by atoms with Crippen LogP contribution >= 0.6 is 0 Å². The second kappa shape index (κ2) is 18.1. The van der Waals surface area contributed by atoms with Crippen LogP contribution in [0.5, 0.6) is 17.2 Å². The average Bonchev–Trinajstić information content (AvgIpc) is 3.60. The van der Waals surface area contributed by atoms with Gasteiger partial charge in [0.2, 0.25) is 11.8 Å². The lowest BCUT2D eigenvalue weighted by Crippen LogP contribution is -2.52. The van der Waals surface area contributed by atoms with E-state index in [1.165, 1.54) is 16.0 Å². The summed E-state index contributed by atoms with van der Waals surface area (Å²) in [6.07, 6.45) is 3.24. The number of aromatic nitrogens is 1. The number of hydrogen-bond donors (Lipinski definition) is 2. The maximum atomic E-state index is 13.2. The fourth-order valence-electron chi connectivity index (χ4n) is 8.21. The van der Waals surface area contributed by atoms with E-state index in [2.05, 4.69) is 58.4 Å². The maximum Gasteiger partial charge on any atom is 0.255 e. The molecule has 4 heterocycles. The van der Waals surface area contributed by atoms with Crippen molar-refractivity contribution in [1.29, 1.82) is 0 Å². The lowest BCUT2D eigenvalue weighted by atomic mass is 9.88. The Bertz CT molecular complexity index is 2300. The molecule has 4 aromatic carbocycles. The van der Waals surface area contributed by atoms with E-state index in [0.29, 0.717) is 30.9 Å². The molecule has 2 N–H and O–H groups in total. The Labute approximate surface area is 344 Å². The zero-order valence-electron chi connectivity index (χ0n) is 33.3. The van der Waals surface area contributed by atoms with Gasteiger partial charge in [0.05, 0.1) is 12.2 Å². The van der Waals surface area contributed by atoms with Gasteiger partial charge < -0.3 is 19.5 Å². The summed E-state index contributed by atoms with van der Waals surface area (Å²) in [7, 11) is 0. The Balaban J connectivity index is 0.791. The number of phenolic OH excluding ortho intramolecular Hbond substituents is 1. The summed E-state index contributed by atoms with van der Waals surface area (Å²) in [4.78, 5) is 48.4.